The summed E-state index contributed by atoms with van der Waals surface area (Å²) >= 11 is 0. The highest BCUT2D eigenvalue weighted by Gasteiger charge is 2.07. The quantitative estimate of drug-likeness (QED) is 0.772. The summed E-state index contributed by atoms with van der Waals surface area (Å²) in [4.78, 5) is 4.31. The highest BCUT2D eigenvalue weighted by molar-refractivity contribution is 5.36. The first-order valence-electron chi connectivity index (χ1n) is 4.94. The maximum atomic E-state index is 5.94. The molecule has 0 aliphatic carbocycles. The van der Waals surface area contributed by atoms with Crippen molar-refractivity contribution in [3.63, 3.8) is 0 Å². The fourth-order valence-electron chi connectivity index (χ4n) is 1.40. The van der Waals surface area contributed by atoms with Gasteiger partial charge in [0.1, 0.15) is 5.82 Å². The Kier molecular flexibility index (Phi) is 3.34. The molecule has 0 spiro atoms. The van der Waals surface area contributed by atoms with Crippen LogP contribution < -0.4 is 5.73 Å². The molecule has 2 N–H and O–H groups in total. The van der Waals surface area contributed by atoms with Gasteiger partial charge in [0.05, 0.1) is 12.0 Å². The summed E-state index contributed by atoms with van der Waals surface area (Å²) < 4.78 is 2.03. The van der Waals surface area contributed by atoms with E-state index in [1.807, 2.05) is 10.9 Å². The molecular formula is C10H19N3. The summed E-state index contributed by atoms with van der Waals surface area (Å²) in [6.07, 6.45) is 3.92. The SMILES string of the molecule is CCCn1cnc(CC(C)C)c1N. The summed E-state index contributed by atoms with van der Waals surface area (Å²) in [6.45, 7) is 7.47. The van der Waals surface area contributed by atoms with Gasteiger partial charge in [-0.25, -0.2) is 4.98 Å². The lowest BCUT2D eigenvalue weighted by Crippen LogP contribution is -2.04. The van der Waals surface area contributed by atoms with Crippen LogP contribution in [0, 0.1) is 5.92 Å². The lowest BCUT2D eigenvalue weighted by atomic mass is 10.1. The first-order chi connectivity index (χ1) is 6.15. The fourth-order valence-corrected chi connectivity index (χ4v) is 1.40. The number of nitrogens with zero attached hydrogens (tertiary/aromatic N) is 2. The van der Waals surface area contributed by atoms with Gasteiger partial charge < -0.3 is 10.3 Å². The standard InChI is InChI=1S/C10H19N3/c1-4-5-13-7-12-9(10(13)11)6-8(2)3/h7-8H,4-6,11H2,1-3H3. The maximum absolute atomic E-state index is 5.94. The third-order valence-corrected chi connectivity index (χ3v) is 2.02. The molecular weight excluding hydrogens is 162 g/mol. The number of nitrogen functional groups attached to an aromatic ring is 1. The molecule has 3 heteroatoms. The van der Waals surface area contributed by atoms with Crippen molar-refractivity contribution in [3.8, 4) is 0 Å². The van der Waals surface area contributed by atoms with Crippen LogP contribution in [-0.2, 0) is 13.0 Å². The first kappa shape index (κ1) is 10.1. The van der Waals surface area contributed by atoms with Crippen LogP contribution in [0.3, 0.4) is 0 Å². The fraction of sp³-hybridized carbons (Fsp3) is 0.700. The molecule has 1 heterocycles. The van der Waals surface area contributed by atoms with E-state index in [0.29, 0.717) is 5.92 Å². The van der Waals surface area contributed by atoms with E-state index >= 15 is 0 Å². The summed E-state index contributed by atoms with van der Waals surface area (Å²) in [6, 6.07) is 0. The van der Waals surface area contributed by atoms with Gasteiger partial charge in [-0.15, -0.1) is 0 Å². The number of hydrogen-bond donors (Lipinski definition) is 1. The maximum Gasteiger partial charge on any atom is 0.126 e. The average molecular weight is 181 g/mol. The van der Waals surface area contributed by atoms with Gasteiger partial charge in [-0.1, -0.05) is 20.8 Å². The molecule has 13 heavy (non-hydrogen) atoms. The molecule has 0 unspecified atom stereocenters. The molecule has 0 saturated heterocycles. The predicted molar refractivity (Wildman–Crippen MR) is 55.5 cm³/mol. The van der Waals surface area contributed by atoms with Crippen LogP contribution in [0.1, 0.15) is 32.9 Å². The molecule has 0 atom stereocenters. The Labute approximate surface area is 80.0 Å². The molecule has 3 nitrogen and oxygen atoms in total. The van der Waals surface area contributed by atoms with Crippen molar-refractivity contribution in [3.05, 3.63) is 12.0 Å². The molecule has 0 radical (unpaired) electrons. The van der Waals surface area contributed by atoms with Gasteiger partial charge in [0, 0.05) is 6.54 Å². The van der Waals surface area contributed by atoms with Crippen molar-refractivity contribution < 1.29 is 0 Å². The van der Waals surface area contributed by atoms with Gasteiger partial charge >= 0.3 is 0 Å². The number of hydrogen-bond acceptors (Lipinski definition) is 2. The van der Waals surface area contributed by atoms with Crippen LogP contribution in [0.5, 0.6) is 0 Å². The molecule has 1 rings (SSSR count). The number of aromatic nitrogens is 2. The zero-order valence-electron chi connectivity index (χ0n) is 8.75. The number of aryl methyl sites for hydroxylation is 1. The third kappa shape index (κ3) is 2.47. The second kappa shape index (κ2) is 4.30. The van der Waals surface area contributed by atoms with Gasteiger partial charge in [0.25, 0.3) is 0 Å². The van der Waals surface area contributed by atoms with E-state index in [9.17, 15) is 0 Å². The van der Waals surface area contributed by atoms with Gasteiger partial charge in [-0.3, -0.25) is 0 Å². The molecule has 0 fully saturated rings. The van der Waals surface area contributed by atoms with Crippen LogP contribution in [-0.4, -0.2) is 9.55 Å². The second-order valence-electron chi connectivity index (χ2n) is 3.87. The monoisotopic (exact) mass is 181 g/mol. The lowest BCUT2D eigenvalue weighted by Gasteiger charge is -2.05. The third-order valence-electron chi connectivity index (χ3n) is 2.02. The topological polar surface area (TPSA) is 43.8 Å². The lowest BCUT2D eigenvalue weighted by molar-refractivity contribution is 0.637. The molecule has 0 aliphatic heterocycles. The molecule has 0 aromatic carbocycles. The summed E-state index contributed by atoms with van der Waals surface area (Å²) in [5, 5.41) is 0. The minimum atomic E-state index is 0.618. The van der Waals surface area contributed by atoms with Gasteiger partial charge in [-0.05, 0) is 18.8 Å². The summed E-state index contributed by atoms with van der Waals surface area (Å²) in [5.41, 5.74) is 6.98. The van der Waals surface area contributed by atoms with Crippen molar-refractivity contribution in [2.24, 2.45) is 5.92 Å². The van der Waals surface area contributed by atoms with E-state index in [-0.39, 0.29) is 0 Å². The zero-order chi connectivity index (χ0) is 9.84. The highest BCUT2D eigenvalue weighted by atomic mass is 15.1. The van der Waals surface area contributed by atoms with E-state index in [4.69, 9.17) is 5.73 Å². The molecule has 1 aromatic heterocycles. The summed E-state index contributed by atoms with van der Waals surface area (Å²) in [5.74, 6) is 1.46. The molecule has 0 amide bonds. The van der Waals surface area contributed by atoms with E-state index in [1.165, 1.54) is 0 Å². The van der Waals surface area contributed by atoms with E-state index < -0.39 is 0 Å². The molecule has 74 valence electrons. The van der Waals surface area contributed by atoms with E-state index in [2.05, 4.69) is 25.8 Å². The zero-order valence-corrected chi connectivity index (χ0v) is 8.75. The van der Waals surface area contributed by atoms with Crippen molar-refractivity contribution >= 4 is 5.82 Å². The molecule has 0 aliphatic rings. The number of anilines is 1. The van der Waals surface area contributed by atoms with E-state index in [1.54, 1.807) is 0 Å². The Hall–Kier alpha value is -0.990. The van der Waals surface area contributed by atoms with Crippen LogP contribution in [0.2, 0.25) is 0 Å². The smallest absolute Gasteiger partial charge is 0.126 e. The van der Waals surface area contributed by atoms with Crippen LogP contribution in [0.15, 0.2) is 6.33 Å². The van der Waals surface area contributed by atoms with Crippen molar-refractivity contribution in [1.29, 1.82) is 0 Å². The van der Waals surface area contributed by atoms with Gasteiger partial charge in [-0.2, -0.15) is 0 Å². The number of rotatable bonds is 4. The Morgan fingerprint density at radius 3 is 2.77 bits per heavy atom. The predicted octanol–water partition coefficient (Wildman–Crippen LogP) is 2.07. The van der Waals surface area contributed by atoms with Crippen LogP contribution in [0.25, 0.3) is 0 Å². The Morgan fingerprint density at radius 2 is 2.23 bits per heavy atom. The molecule has 1 aromatic rings. The van der Waals surface area contributed by atoms with Gasteiger partial charge in [0.15, 0.2) is 0 Å². The van der Waals surface area contributed by atoms with Crippen molar-refractivity contribution in [2.45, 2.75) is 40.2 Å². The normalized spacial score (nSPS) is 11.1. The Balaban J connectivity index is 2.74. The minimum absolute atomic E-state index is 0.618. The minimum Gasteiger partial charge on any atom is -0.384 e. The molecule has 0 saturated carbocycles. The van der Waals surface area contributed by atoms with Gasteiger partial charge in [0.2, 0.25) is 0 Å². The van der Waals surface area contributed by atoms with Crippen molar-refractivity contribution in [2.75, 3.05) is 5.73 Å². The second-order valence-corrected chi connectivity index (χ2v) is 3.87. The van der Waals surface area contributed by atoms with Crippen LogP contribution in [0.4, 0.5) is 5.82 Å². The Bertz CT molecular complexity index is 263. The first-order valence-corrected chi connectivity index (χ1v) is 4.94. The summed E-state index contributed by atoms with van der Waals surface area (Å²) in [7, 11) is 0. The highest BCUT2D eigenvalue weighted by Crippen LogP contribution is 2.14. The van der Waals surface area contributed by atoms with Crippen molar-refractivity contribution in [1.82, 2.24) is 9.55 Å². The number of nitrogens with two attached hydrogens (primary N) is 1. The van der Waals surface area contributed by atoms with Crippen LogP contribution >= 0.6 is 0 Å². The largest absolute Gasteiger partial charge is 0.384 e. The van der Waals surface area contributed by atoms with E-state index in [0.717, 1.165) is 30.9 Å². The average Bonchev–Trinajstić information content (AvgIpc) is 2.36. The Morgan fingerprint density at radius 1 is 1.54 bits per heavy atom. The number of imidazole rings is 1. The molecule has 0 bridgehead atoms.